The third kappa shape index (κ3) is 12.7. The van der Waals surface area contributed by atoms with Gasteiger partial charge in [0.25, 0.3) is 0 Å². The molecule has 0 nitrogen and oxygen atoms in total. The molecule has 0 unspecified atom stereocenters. The van der Waals surface area contributed by atoms with Crippen molar-refractivity contribution in [3.05, 3.63) is 12.1 Å². The molecule has 0 aliphatic carbocycles. The fourth-order valence-corrected chi connectivity index (χ4v) is 0. The molecule has 0 saturated carbocycles. The van der Waals surface area contributed by atoms with Crippen LogP contribution in [0.5, 0.6) is 0 Å². The van der Waals surface area contributed by atoms with Gasteiger partial charge < -0.3 is 0 Å². The van der Waals surface area contributed by atoms with Gasteiger partial charge in [-0.15, -0.1) is 0 Å². The summed E-state index contributed by atoms with van der Waals surface area (Å²) in [4.78, 5) is 0. The van der Waals surface area contributed by atoms with Crippen LogP contribution < -0.4 is 0 Å². The average Bonchev–Trinajstić information content (AvgIpc) is 0.918. The van der Waals surface area contributed by atoms with E-state index in [1.807, 2.05) is 0 Å². The van der Waals surface area contributed by atoms with Gasteiger partial charge in [-0.25, -0.2) is 0 Å². The molecule has 0 heterocycles. The van der Waals surface area contributed by atoms with Crippen molar-refractivity contribution in [1.82, 2.24) is 0 Å². The fraction of sp³-hybridized carbons (Fsp3) is 0. The van der Waals surface area contributed by atoms with E-state index in [0.717, 1.165) is 0 Å². The van der Waals surface area contributed by atoms with E-state index in [9.17, 15) is 0 Å². The summed E-state index contributed by atoms with van der Waals surface area (Å²) in [7, 11) is 0. The zero-order chi connectivity index (χ0) is 2.71. The van der Waals surface area contributed by atoms with E-state index in [1.54, 1.807) is 0 Å². The van der Waals surface area contributed by atoms with Crippen molar-refractivity contribution in [3.8, 4) is 0 Å². The topological polar surface area (TPSA) is 0 Å². The second-order valence-corrected chi connectivity index (χ2v) is 0.463. The van der Waals surface area contributed by atoms with Crippen LogP contribution in [0.25, 0.3) is 0 Å². The van der Waals surface area contributed by atoms with Crippen LogP contribution in [-0.2, 0) is 0 Å². The summed E-state index contributed by atoms with van der Waals surface area (Å²) < 4.78 is 0. The first-order valence-corrected chi connectivity index (χ1v) is 1.06. The zero-order valence-electron chi connectivity index (χ0n) is 2.16. The SMILES string of the molecule is C=CCl.[PoH2]. The fourth-order valence-electron chi connectivity index (χ4n) is 0. The van der Waals surface area contributed by atoms with Crippen molar-refractivity contribution >= 4 is 38.2 Å². The molecule has 0 saturated heterocycles. The minimum absolute atomic E-state index is 0. The van der Waals surface area contributed by atoms with Gasteiger partial charge in [-0.1, -0.05) is 18.2 Å². The van der Waals surface area contributed by atoms with E-state index >= 15 is 0 Å². The van der Waals surface area contributed by atoms with Crippen LogP contribution in [0.4, 0.5) is 0 Å². The predicted octanol–water partition coefficient (Wildman–Crippen LogP) is 0.452. The monoisotopic (exact) mass is 273 g/mol. The first kappa shape index (κ1) is 8.87. The third-order valence-corrected chi connectivity index (χ3v) is 0. The van der Waals surface area contributed by atoms with Crippen LogP contribution in [0.15, 0.2) is 12.1 Å². The molecule has 0 aliphatic heterocycles. The summed E-state index contributed by atoms with van der Waals surface area (Å²) in [6, 6.07) is 0. The molecule has 0 aromatic heterocycles. The summed E-state index contributed by atoms with van der Waals surface area (Å²) in [6.45, 7) is 3.13. The van der Waals surface area contributed by atoms with Crippen molar-refractivity contribution in [2.45, 2.75) is 0 Å². The number of rotatable bonds is 0. The summed E-state index contributed by atoms with van der Waals surface area (Å²) in [5.74, 6) is 0. The molecule has 2 heteroatoms. The zero-order valence-corrected chi connectivity index (χ0v) is 6.81. The molecule has 4 heavy (non-hydrogen) atoms. The number of halogens is 1. The molecule has 0 aromatic rings. The van der Waals surface area contributed by atoms with Crippen LogP contribution in [-0.4, -0.2) is 26.6 Å². The van der Waals surface area contributed by atoms with Gasteiger partial charge in [-0.3, -0.25) is 0 Å². The molecule has 0 aliphatic rings. The van der Waals surface area contributed by atoms with Gasteiger partial charge in [-0.05, 0) is 5.54 Å². The summed E-state index contributed by atoms with van der Waals surface area (Å²) in [6.07, 6.45) is 0. The first-order valence-electron chi connectivity index (χ1n) is 0.626. The summed E-state index contributed by atoms with van der Waals surface area (Å²) >= 11 is 4.76. The summed E-state index contributed by atoms with van der Waals surface area (Å²) in [5.41, 5.74) is 1.22. The molecule has 0 aromatic carbocycles. The van der Waals surface area contributed by atoms with E-state index in [0.29, 0.717) is 0 Å². The maximum atomic E-state index is 4.76. The van der Waals surface area contributed by atoms with E-state index < -0.39 is 0 Å². The maximum absolute atomic E-state index is 4.76. The Balaban J connectivity index is 0. The van der Waals surface area contributed by atoms with E-state index in [2.05, 4.69) is 6.58 Å². The van der Waals surface area contributed by atoms with Gasteiger partial charge in [0.15, 0.2) is 0 Å². The van der Waals surface area contributed by atoms with Crippen LogP contribution in [0.2, 0.25) is 0 Å². The van der Waals surface area contributed by atoms with Crippen LogP contribution in [0, 0.1) is 0 Å². The Labute approximate surface area is 50.3 Å². The molecule has 26 valence electrons. The Morgan fingerprint density at radius 3 is 1.75 bits per heavy atom. The van der Waals surface area contributed by atoms with Crippen LogP contribution >= 0.6 is 11.6 Å². The Bertz CT molecular complexity index is 13.5. The normalized spacial score (nSPS) is 3.25. The molecule has 0 fully saturated rings. The van der Waals surface area contributed by atoms with Gasteiger partial charge in [-0.2, -0.15) is 0 Å². The quantitative estimate of drug-likeness (QED) is 0.601. The van der Waals surface area contributed by atoms with Gasteiger partial charge >= 0.3 is 26.6 Å². The van der Waals surface area contributed by atoms with Gasteiger partial charge in [0.05, 0.1) is 0 Å². The number of hydrogen-bond donors (Lipinski definition) is 0. The van der Waals surface area contributed by atoms with Gasteiger partial charge in [0, 0.05) is 0 Å². The predicted molar refractivity (Wildman–Crippen MR) is 24.6 cm³/mol. The molecule has 0 spiro atoms. The molecular weight excluding hydrogens is 268 g/mol. The van der Waals surface area contributed by atoms with Crippen molar-refractivity contribution < 1.29 is 0 Å². The Hall–Kier alpha value is 0.926. The minimum atomic E-state index is 0. The van der Waals surface area contributed by atoms with Gasteiger partial charge in [0.2, 0.25) is 0 Å². The molecule has 0 atom stereocenters. The first-order chi connectivity index (χ1) is 1.41. The van der Waals surface area contributed by atoms with Crippen molar-refractivity contribution in [1.29, 1.82) is 0 Å². The molecular formula is C2H5ClPo. The average molecular weight is 274 g/mol. The third-order valence-electron chi connectivity index (χ3n) is 0. The Morgan fingerprint density at radius 2 is 1.75 bits per heavy atom. The standard InChI is InChI=1S/C2H3Cl.Po.2H/c1-2-3;;;/h2H,1H2;;;. The van der Waals surface area contributed by atoms with Crippen LogP contribution in [0.1, 0.15) is 0 Å². The van der Waals surface area contributed by atoms with E-state index in [4.69, 9.17) is 11.6 Å². The molecule has 0 radical (unpaired) electrons. The van der Waals surface area contributed by atoms with Crippen LogP contribution in [0.3, 0.4) is 0 Å². The number of hydrogen-bond acceptors (Lipinski definition) is 0. The second-order valence-electron chi connectivity index (χ2n) is 0.154. The Morgan fingerprint density at radius 1 is 1.75 bits per heavy atom. The Kier molecular flexibility index (Phi) is 20.1. The van der Waals surface area contributed by atoms with E-state index in [1.165, 1.54) is 5.54 Å². The molecule has 0 bridgehead atoms. The molecule has 0 amide bonds. The van der Waals surface area contributed by atoms with Crippen molar-refractivity contribution in [2.24, 2.45) is 0 Å². The molecule has 0 N–H and O–H groups in total. The van der Waals surface area contributed by atoms with Gasteiger partial charge in [0.1, 0.15) is 0 Å². The van der Waals surface area contributed by atoms with Crippen molar-refractivity contribution in [3.63, 3.8) is 0 Å². The van der Waals surface area contributed by atoms with E-state index in [-0.39, 0.29) is 26.6 Å². The molecule has 0 rings (SSSR count). The second kappa shape index (κ2) is 9.06. The summed E-state index contributed by atoms with van der Waals surface area (Å²) in [5, 5.41) is 0. The van der Waals surface area contributed by atoms with Crippen molar-refractivity contribution in [2.75, 3.05) is 0 Å².